The van der Waals surface area contributed by atoms with Gasteiger partial charge in [-0.3, -0.25) is 0 Å². The summed E-state index contributed by atoms with van der Waals surface area (Å²) in [6.07, 6.45) is 0. The van der Waals surface area contributed by atoms with Crippen molar-refractivity contribution in [2.75, 3.05) is 0 Å². The van der Waals surface area contributed by atoms with Gasteiger partial charge in [0.2, 0.25) is 0 Å². The van der Waals surface area contributed by atoms with E-state index < -0.39 is 0 Å². The second-order valence-electron chi connectivity index (χ2n) is 0. The first-order valence-corrected chi connectivity index (χ1v) is 0.236. The fourth-order valence-corrected chi connectivity index (χ4v) is 0. The maximum atomic E-state index is 7.75. The summed E-state index contributed by atoms with van der Waals surface area (Å²) < 4.78 is 7.75. The molecule has 0 rings (SSSR count). The summed E-state index contributed by atoms with van der Waals surface area (Å²) in [5.41, 5.74) is 0. The molecule has 0 spiro atoms. The molecule has 0 amide bonds. The van der Waals surface area contributed by atoms with E-state index in [1.165, 1.54) is 0 Å². The second-order valence-corrected chi connectivity index (χ2v) is 0. The molecule has 21 valence electrons. The van der Waals surface area contributed by atoms with Crippen LogP contribution in [0, 0.1) is 0 Å². The number of hydrogen-bond donors (Lipinski definition) is 0. The first kappa shape index (κ1) is 18.2. The van der Waals surface area contributed by atoms with Gasteiger partial charge in [0, 0.05) is 0 Å². The van der Waals surface area contributed by atoms with Crippen LogP contribution in [0.5, 0.6) is 0 Å². The molecule has 2 N–H and O–H groups in total. The Labute approximate surface area is 68.7 Å². The van der Waals surface area contributed by atoms with E-state index in [0.29, 0.717) is 0 Å². The van der Waals surface area contributed by atoms with Crippen LogP contribution in [0.3, 0.4) is 0 Å². The van der Waals surface area contributed by atoms with Crippen LogP contribution in [0.2, 0.25) is 0 Å². The predicted octanol–water partition coefficient (Wildman–Crippen LogP) is -1.48. The summed E-state index contributed by atoms with van der Waals surface area (Å²) in [7, 11) is 3.25. The zero-order valence-corrected chi connectivity index (χ0v) is 6.63. The van der Waals surface area contributed by atoms with Gasteiger partial charge in [0.15, 0.2) is 0 Å². The Morgan fingerprint density at radius 2 is 1.50 bits per heavy atom. The van der Waals surface area contributed by atoms with E-state index in [0.717, 1.165) is 0 Å². The summed E-state index contributed by atoms with van der Waals surface area (Å²) in [5, 5.41) is 0. The molecule has 0 aromatic rings. The molecule has 0 aliphatic carbocycles. The summed E-state index contributed by atoms with van der Waals surface area (Å²) in [6.45, 7) is 0. The fourth-order valence-electron chi connectivity index (χ4n) is 0. The van der Waals surface area contributed by atoms with Crippen LogP contribution in [0.4, 0.5) is 0 Å². The van der Waals surface area contributed by atoms with E-state index >= 15 is 0 Å². The smallest absolute Gasteiger partial charge is 1.00 e. The zero-order chi connectivity index (χ0) is 2.00. The van der Waals surface area contributed by atoms with Crippen LogP contribution in [-0.2, 0) is 4.70 Å². The number of hydrogen-bond acceptors (Lipinski definition) is 1. The third kappa shape index (κ3) is 10.0. The molecule has 0 aliphatic heterocycles. The van der Waals surface area contributed by atoms with Crippen LogP contribution in [0.15, 0.2) is 0 Å². The third-order valence-electron chi connectivity index (χ3n) is 0. The van der Waals surface area contributed by atoms with Gasteiger partial charge in [-0.05, 0) is 0 Å². The molecule has 4 heteroatoms. The Kier molecular flexibility index (Phi) is 118. The van der Waals surface area contributed by atoms with Crippen LogP contribution in [-0.4, -0.2) is 62.1 Å². The molecule has 0 fully saturated rings. The van der Waals surface area contributed by atoms with Crippen molar-refractivity contribution in [3.63, 3.8) is 0 Å². The Morgan fingerprint density at radius 3 is 1.50 bits per heavy atom. The minimum Gasteiger partial charge on any atom is -1.00 e. The van der Waals surface area contributed by atoms with E-state index in [4.69, 9.17) is 4.70 Å². The van der Waals surface area contributed by atoms with Crippen molar-refractivity contribution in [3.05, 3.63) is 0 Å². The maximum Gasteiger partial charge on any atom is 2.00 e. The Hall–Kier alpha value is 1.40. The second kappa shape index (κ2) is 26.0. The van der Waals surface area contributed by atoms with E-state index in [2.05, 4.69) is 7.72 Å². The van der Waals surface area contributed by atoms with Crippen LogP contribution < -0.4 is 0 Å². The van der Waals surface area contributed by atoms with E-state index in [1.54, 1.807) is 0 Å². The average molecular weight is 184 g/mol. The van der Waals surface area contributed by atoms with Crippen molar-refractivity contribution in [3.8, 4) is 0 Å². The van der Waals surface area contributed by atoms with Crippen molar-refractivity contribution in [1.29, 1.82) is 0 Å². The van der Waals surface area contributed by atoms with E-state index in [1.807, 2.05) is 0 Å². The first-order chi connectivity index (χ1) is 1.00. The summed E-state index contributed by atoms with van der Waals surface area (Å²) in [4.78, 5) is 0. The van der Waals surface area contributed by atoms with Gasteiger partial charge in [-0.2, -0.15) is 0 Å². The topological polar surface area (TPSA) is 48.6 Å². The van der Waals surface area contributed by atoms with E-state index in [-0.39, 0.29) is 57.2 Å². The standard InChI is InChI=1S/BO.Ba.H2O.2H/c1-2;;;;/h;;1H2;;/q;+2;;2*-1. The molecule has 0 aliphatic rings. The molecular formula is H4BBaO2. The summed E-state index contributed by atoms with van der Waals surface area (Å²) in [5.74, 6) is 0. The van der Waals surface area contributed by atoms with Gasteiger partial charge < -0.3 is 8.33 Å². The van der Waals surface area contributed by atoms with Gasteiger partial charge in [0.05, 0.1) is 0 Å². The minimum atomic E-state index is 0. The average Bonchev–Trinajstić information content (AvgIpc) is 1.00. The van der Waals surface area contributed by atoms with Crippen LogP contribution in [0.25, 0.3) is 0 Å². The van der Waals surface area contributed by atoms with Gasteiger partial charge in [0.25, 0.3) is 0 Å². The van der Waals surface area contributed by atoms with Crippen LogP contribution in [0.1, 0.15) is 2.85 Å². The SMILES string of the molecule is O.[B]=O.[Ba+2].[H-].[H-]. The molecule has 4 heavy (non-hydrogen) atoms. The van der Waals surface area contributed by atoms with Gasteiger partial charge >= 0.3 is 61.3 Å². The van der Waals surface area contributed by atoms with Gasteiger partial charge in [-0.25, -0.2) is 0 Å². The Morgan fingerprint density at radius 1 is 1.50 bits per heavy atom. The van der Waals surface area contributed by atoms with Crippen molar-refractivity contribution in [2.45, 2.75) is 0 Å². The first-order valence-electron chi connectivity index (χ1n) is 0.236. The number of rotatable bonds is 0. The van der Waals surface area contributed by atoms with Crippen molar-refractivity contribution in [2.24, 2.45) is 0 Å². The van der Waals surface area contributed by atoms with Gasteiger partial charge in [-0.1, -0.05) is 0 Å². The summed E-state index contributed by atoms with van der Waals surface area (Å²) >= 11 is 0. The molecule has 0 atom stereocenters. The third-order valence-corrected chi connectivity index (χ3v) is 0. The van der Waals surface area contributed by atoms with Gasteiger partial charge in [0.1, 0.15) is 0 Å². The largest absolute Gasteiger partial charge is 2.00 e. The molecule has 0 saturated carbocycles. The van der Waals surface area contributed by atoms with Crippen molar-refractivity contribution in [1.82, 2.24) is 0 Å². The minimum absolute atomic E-state index is 0. The van der Waals surface area contributed by atoms with Crippen LogP contribution >= 0.6 is 0 Å². The quantitative estimate of drug-likeness (QED) is 0.423. The normalized spacial score (nSPS) is 0.750. The molecule has 0 heterocycles. The van der Waals surface area contributed by atoms with Crippen molar-refractivity contribution >= 4 is 56.6 Å². The molecular weight excluding hydrogens is 180 g/mol. The van der Waals surface area contributed by atoms with E-state index in [9.17, 15) is 0 Å². The molecule has 0 aromatic heterocycles. The molecule has 2 nitrogen and oxygen atoms in total. The monoisotopic (exact) mass is 185 g/mol. The maximum absolute atomic E-state index is 7.75. The zero-order valence-electron chi connectivity index (χ0n) is 4.19. The molecule has 0 unspecified atom stereocenters. The molecule has 0 aromatic carbocycles. The van der Waals surface area contributed by atoms with Crippen molar-refractivity contribution < 1.29 is 13.0 Å². The molecule has 0 bridgehead atoms. The molecule has 0 saturated heterocycles. The predicted molar refractivity (Wildman–Crippen MR) is 18.0 cm³/mol. The Balaban J connectivity index is -0.000000000833. The fraction of sp³-hybridized carbons (Fsp3) is 0. The Bertz CT molecular complexity index is 11.5. The molecule has 1 radical (unpaired) electrons. The van der Waals surface area contributed by atoms with Gasteiger partial charge in [-0.15, -0.1) is 0 Å². The summed E-state index contributed by atoms with van der Waals surface area (Å²) in [6, 6.07) is 0.